The molecule has 29 heavy (non-hydrogen) atoms. The molecule has 0 saturated heterocycles. The number of nitrogens with zero attached hydrogens (tertiary/aromatic N) is 1. The van der Waals surface area contributed by atoms with Gasteiger partial charge in [0, 0.05) is 26.9 Å². The molecule has 2 heterocycles. The minimum atomic E-state index is -5.81. The van der Waals surface area contributed by atoms with Crippen LogP contribution in [0.1, 0.15) is 0 Å². The monoisotopic (exact) mass is 417 g/mol. The van der Waals surface area contributed by atoms with Gasteiger partial charge in [0.05, 0.1) is 11.0 Å². The summed E-state index contributed by atoms with van der Waals surface area (Å²) in [5, 5.41) is 2.82. The van der Waals surface area contributed by atoms with Gasteiger partial charge in [-0.2, -0.15) is 21.6 Å². The number of para-hydroxylation sites is 2. The van der Waals surface area contributed by atoms with Crippen molar-refractivity contribution in [3.05, 3.63) is 71.0 Å². The van der Waals surface area contributed by atoms with Crippen molar-refractivity contribution in [2.24, 2.45) is 0 Å². The molecule has 0 N–H and O–H groups in total. The molecule has 0 fully saturated rings. The summed E-state index contributed by atoms with van der Waals surface area (Å²) in [7, 11) is -5.81. The Bertz CT molecular complexity index is 1600. The van der Waals surface area contributed by atoms with E-state index in [4.69, 9.17) is 0 Å². The molecular formula is C20H10F3NO4S. The highest BCUT2D eigenvalue weighted by atomic mass is 32.2. The first-order valence-corrected chi connectivity index (χ1v) is 9.82. The van der Waals surface area contributed by atoms with E-state index in [0.717, 1.165) is 22.9 Å². The Morgan fingerprint density at radius 2 is 1.45 bits per heavy atom. The molecule has 0 unspecified atom stereocenters. The summed E-state index contributed by atoms with van der Waals surface area (Å²) >= 11 is 0. The van der Waals surface area contributed by atoms with E-state index in [1.54, 1.807) is 16.5 Å². The first-order chi connectivity index (χ1) is 13.7. The molecule has 2 aromatic heterocycles. The molecule has 146 valence electrons. The summed E-state index contributed by atoms with van der Waals surface area (Å²) in [6.45, 7) is 0. The number of fused-ring (bicyclic) bond motifs is 5. The highest BCUT2D eigenvalue weighted by Crippen LogP contribution is 2.35. The van der Waals surface area contributed by atoms with Gasteiger partial charge in [0.1, 0.15) is 5.75 Å². The Morgan fingerprint density at radius 3 is 2.17 bits per heavy atom. The van der Waals surface area contributed by atoms with Gasteiger partial charge in [-0.3, -0.25) is 9.20 Å². The Morgan fingerprint density at radius 1 is 0.793 bits per heavy atom. The first kappa shape index (κ1) is 17.7. The van der Waals surface area contributed by atoms with Crippen molar-refractivity contribution >= 4 is 48.1 Å². The van der Waals surface area contributed by atoms with Gasteiger partial charge < -0.3 is 4.18 Å². The molecule has 5 aromatic rings. The van der Waals surface area contributed by atoms with Crippen LogP contribution < -0.4 is 9.74 Å². The van der Waals surface area contributed by atoms with Gasteiger partial charge in [0.2, 0.25) is 0 Å². The van der Waals surface area contributed by atoms with E-state index in [-0.39, 0.29) is 10.9 Å². The highest BCUT2D eigenvalue weighted by molar-refractivity contribution is 7.88. The third-order valence-corrected chi connectivity index (χ3v) is 5.88. The van der Waals surface area contributed by atoms with Crippen LogP contribution in [0, 0.1) is 0 Å². The molecule has 0 saturated carbocycles. The molecular weight excluding hydrogens is 407 g/mol. The van der Waals surface area contributed by atoms with Crippen LogP contribution in [0.25, 0.3) is 38.0 Å². The molecule has 0 aliphatic rings. The summed E-state index contributed by atoms with van der Waals surface area (Å²) in [5.41, 5.74) is -4.58. The normalized spacial score (nSPS) is 13.1. The summed E-state index contributed by atoms with van der Waals surface area (Å²) in [5.74, 6) is -0.518. The fraction of sp³-hybridized carbons (Fsp3) is 0.0500. The number of hydrogen-bond donors (Lipinski definition) is 0. The van der Waals surface area contributed by atoms with E-state index in [1.165, 1.54) is 6.07 Å². The lowest BCUT2D eigenvalue weighted by Gasteiger charge is -2.11. The van der Waals surface area contributed by atoms with Crippen LogP contribution in [-0.2, 0) is 10.1 Å². The van der Waals surface area contributed by atoms with E-state index >= 15 is 0 Å². The van der Waals surface area contributed by atoms with Gasteiger partial charge in [0.15, 0.2) is 0 Å². The van der Waals surface area contributed by atoms with Crippen molar-refractivity contribution in [1.29, 1.82) is 0 Å². The van der Waals surface area contributed by atoms with E-state index in [1.807, 2.05) is 30.3 Å². The van der Waals surface area contributed by atoms with Crippen molar-refractivity contribution < 1.29 is 25.8 Å². The largest absolute Gasteiger partial charge is 0.534 e. The first-order valence-electron chi connectivity index (χ1n) is 8.41. The number of aromatic nitrogens is 1. The fourth-order valence-electron chi connectivity index (χ4n) is 3.73. The van der Waals surface area contributed by atoms with Crippen LogP contribution in [0.15, 0.2) is 65.5 Å². The van der Waals surface area contributed by atoms with Gasteiger partial charge in [-0.25, -0.2) is 0 Å². The number of hydrogen-bond acceptors (Lipinski definition) is 4. The molecule has 0 aliphatic carbocycles. The van der Waals surface area contributed by atoms with Crippen LogP contribution in [-0.4, -0.2) is 18.3 Å². The molecule has 0 radical (unpaired) electrons. The van der Waals surface area contributed by atoms with E-state index < -0.39 is 21.4 Å². The molecule has 0 atom stereocenters. The number of alkyl halides is 3. The number of pyridine rings is 1. The zero-order valence-corrected chi connectivity index (χ0v) is 15.2. The van der Waals surface area contributed by atoms with Crippen LogP contribution in [0.3, 0.4) is 0 Å². The third kappa shape index (κ3) is 2.40. The van der Waals surface area contributed by atoms with Gasteiger partial charge in [-0.15, -0.1) is 0 Å². The van der Waals surface area contributed by atoms with E-state index in [2.05, 4.69) is 4.18 Å². The average Bonchev–Trinajstić information content (AvgIpc) is 3.00. The SMILES string of the molecule is O=c1c2ccc(OS(=O)(=O)C(F)(F)F)cc2c2cccc3c4ccccc4n1c23. The smallest absolute Gasteiger partial charge is 0.376 e. The topological polar surface area (TPSA) is 64.9 Å². The minimum Gasteiger partial charge on any atom is -0.376 e. The summed E-state index contributed by atoms with van der Waals surface area (Å²) in [4.78, 5) is 13.1. The van der Waals surface area contributed by atoms with Crippen molar-refractivity contribution in [2.75, 3.05) is 0 Å². The number of halogens is 3. The van der Waals surface area contributed by atoms with Crippen LogP contribution in [0.4, 0.5) is 13.2 Å². The molecule has 0 spiro atoms. The molecule has 5 rings (SSSR count). The lowest BCUT2D eigenvalue weighted by atomic mass is 10.0. The zero-order chi connectivity index (χ0) is 20.6. The maximum absolute atomic E-state index is 13.1. The Balaban J connectivity index is 1.89. The second-order valence-corrected chi connectivity index (χ2v) is 8.09. The summed E-state index contributed by atoms with van der Waals surface area (Å²) in [6, 6.07) is 16.2. The standard InChI is InChI=1S/C20H10F3NO4S/c21-20(22,23)29(26,27)28-11-8-9-15-16(10-11)14-6-3-5-13-12-4-1-2-7-17(12)24(18(13)14)19(15)25/h1-10H. The average molecular weight is 417 g/mol. The molecule has 0 amide bonds. The Kier molecular flexibility index (Phi) is 3.43. The van der Waals surface area contributed by atoms with Gasteiger partial charge >= 0.3 is 15.6 Å². The predicted molar refractivity (Wildman–Crippen MR) is 103 cm³/mol. The number of benzene rings is 3. The van der Waals surface area contributed by atoms with Crippen molar-refractivity contribution in [3.8, 4) is 5.75 Å². The maximum atomic E-state index is 13.1. The van der Waals surface area contributed by atoms with Gasteiger partial charge in [0.25, 0.3) is 5.56 Å². The molecule has 0 bridgehead atoms. The quantitative estimate of drug-likeness (QED) is 0.242. The number of rotatable bonds is 2. The van der Waals surface area contributed by atoms with Gasteiger partial charge in [-0.05, 0) is 24.3 Å². The van der Waals surface area contributed by atoms with Gasteiger partial charge in [-0.1, -0.05) is 36.4 Å². The zero-order valence-electron chi connectivity index (χ0n) is 14.4. The minimum absolute atomic E-state index is 0.239. The van der Waals surface area contributed by atoms with Crippen molar-refractivity contribution in [3.63, 3.8) is 0 Å². The molecule has 0 aliphatic heterocycles. The van der Waals surface area contributed by atoms with E-state index in [9.17, 15) is 26.4 Å². The third-order valence-electron chi connectivity index (χ3n) is 4.90. The second-order valence-electron chi connectivity index (χ2n) is 6.55. The van der Waals surface area contributed by atoms with Crippen LogP contribution >= 0.6 is 0 Å². The summed E-state index contributed by atoms with van der Waals surface area (Å²) in [6.07, 6.45) is 0. The fourth-order valence-corrected chi connectivity index (χ4v) is 4.18. The molecule has 9 heteroatoms. The van der Waals surface area contributed by atoms with Crippen LogP contribution in [0.2, 0.25) is 0 Å². The highest BCUT2D eigenvalue weighted by Gasteiger charge is 2.48. The second kappa shape index (κ2) is 5.60. The molecule has 5 nitrogen and oxygen atoms in total. The maximum Gasteiger partial charge on any atom is 0.534 e. The predicted octanol–water partition coefficient (Wildman–Crippen LogP) is 4.43. The van der Waals surface area contributed by atoms with Crippen LogP contribution in [0.5, 0.6) is 5.75 Å². The Hall–Kier alpha value is -3.33. The lowest BCUT2D eigenvalue weighted by molar-refractivity contribution is -0.0500. The van der Waals surface area contributed by atoms with Crippen molar-refractivity contribution in [2.45, 2.75) is 5.51 Å². The van der Waals surface area contributed by atoms with E-state index in [0.29, 0.717) is 21.8 Å². The Labute approximate surface area is 161 Å². The molecule has 3 aromatic carbocycles. The van der Waals surface area contributed by atoms with Crippen molar-refractivity contribution in [1.82, 2.24) is 4.40 Å². The lowest BCUT2D eigenvalue weighted by Crippen LogP contribution is -2.28. The summed E-state index contributed by atoms with van der Waals surface area (Å²) < 4.78 is 66.4.